The molecule has 0 saturated carbocycles. The maximum Gasteiger partial charge on any atom is 0.264 e. The monoisotopic (exact) mass is 391 g/mol. The van der Waals surface area contributed by atoms with Crippen molar-refractivity contribution in [2.45, 2.75) is 13.8 Å². The van der Waals surface area contributed by atoms with Crippen molar-refractivity contribution in [2.24, 2.45) is 12.0 Å². The van der Waals surface area contributed by atoms with Crippen LogP contribution in [0.4, 0.5) is 5.69 Å². The van der Waals surface area contributed by atoms with Crippen molar-refractivity contribution >= 4 is 45.5 Å². The lowest BCUT2D eigenvalue weighted by Crippen LogP contribution is -2.19. The number of amidine groups is 1. The van der Waals surface area contributed by atoms with E-state index in [0.29, 0.717) is 16.7 Å². The molecule has 0 atom stereocenters. The van der Waals surface area contributed by atoms with Crippen LogP contribution in [0.2, 0.25) is 0 Å². The number of carbonyl (C=O) groups is 1. The molecule has 1 aliphatic heterocycles. The number of para-hydroxylation sites is 1. The highest BCUT2D eigenvalue weighted by Crippen LogP contribution is 2.32. The van der Waals surface area contributed by atoms with E-state index in [2.05, 4.69) is 33.9 Å². The zero-order valence-electron chi connectivity index (χ0n) is 16.0. The summed E-state index contributed by atoms with van der Waals surface area (Å²) in [7, 11) is 2.04. The van der Waals surface area contributed by atoms with Crippen LogP contribution in [0, 0.1) is 6.92 Å². The minimum atomic E-state index is -0.123. The van der Waals surface area contributed by atoms with Gasteiger partial charge in [-0.25, -0.2) is 4.99 Å². The summed E-state index contributed by atoms with van der Waals surface area (Å²) in [6.45, 7) is 4.64. The van der Waals surface area contributed by atoms with Crippen LogP contribution in [0.3, 0.4) is 0 Å². The number of rotatable bonds is 4. The zero-order chi connectivity index (χ0) is 19.7. The molecule has 1 N–H and O–H groups in total. The largest absolute Gasteiger partial charge is 0.494 e. The number of aryl methyl sites for hydroxylation is 1. The molecule has 5 nitrogen and oxygen atoms in total. The summed E-state index contributed by atoms with van der Waals surface area (Å²) in [4.78, 5) is 17.6. The van der Waals surface area contributed by atoms with E-state index in [4.69, 9.17) is 4.74 Å². The van der Waals surface area contributed by atoms with Crippen LogP contribution in [0.1, 0.15) is 18.2 Å². The Balaban J connectivity index is 1.63. The molecule has 2 heterocycles. The number of hydrogen-bond donors (Lipinski definition) is 1. The number of nitrogens with zero attached hydrogens (tertiary/aromatic N) is 2. The summed E-state index contributed by atoms with van der Waals surface area (Å²) in [6, 6.07) is 15.7. The Morgan fingerprint density at radius 3 is 2.68 bits per heavy atom. The van der Waals surface area contributed by atoms with Crippen LogP contribution in [0.25, 0.3) is 17.0 Å². The summed E-state index contributed by atoms with van der Waals surface area (Å²) >= 11 is 1.36. The Morgan fingerprint density at radius 2 is 1.93 bits per heavy atom. The molecular weight excluding hydrogens is 370 g/mol. The number of aromatic nitrogens is 1. The summed E-state index contributed by atoms with van der Waals surface area (Å²) in [5, 5.41) is 4.58. The number of fused-ring (bicyclic) bond motifs is 1. The number of amides is 1. The SMILES string of the molecule is CCOc1ccc(N=C2NC(=O)/C(=C\c3c(C)n(C)c4ccccc34)S2)cc1. The standard InChI is InChI=1S/C22H21N3O2S/c1-4-27-16-11-9-15(10-12-16)23-22-24-21(26)20(28-22)13-18-14(2)25(3)19-8-6-5-7-17(18)19/h5-13H,4H2,1-3H3,(H,23,24,26)/b20-13+. The van der Waals surface area contributed by atoms with E-state index in [1.807, 2.05) is 56.4 Å². The molecule has 1 aromatic heterocycles. The Labute approximate surface area is 168 Å². The van der Waals surface area contributed by atoms with Crippen molar-refractivity contribution in [3.05, 3.63) is 64.7 Å². The van der Waals surface area contributed by atoms with Crippen LogP contribution in [0.15, 0.2) is 58.4 Å². The summed E-state index contributed by atoms with van der Waals surface area (Å²) in [5.41, 5.74) is 4.12. The van der Waals surface area contributed by atoms with Crippen molar-refractivity contribution in [3.63, 3.8) is 0 Å². The lowest BCUT2D eigenvalue weighted by molar-refractivity contribution is -0.115. The molecule has 0 aliphatic carbocycles. The van der Waals surface area contributed by atoms with E-state index in [-0.39, 0.29) is 5.91 Å². The number of thioether (sulfide) groups is 1. The molecule has 0 radical (unpaired) electrons. The lowest BCUT2D eigenvalue weighted by atomic mass is 10.1. The van der Waals surface area contributed by atoms with Crippen LogP contribution < -0.4 is 10.1 Å². The summed E-state index contributed by atoms with van der Waals surface area (Å²) in [5.74, 6) is 0.684. The van der Waals surface area contributed by atoms with Gasteiger partial charge in [0.1, 0.15) is 5.75 Å². The zero-order valence-corrected chi connectivity index (χ0v) is 16.8. The molecule has 4 rings (SSSR count). The summed E-state index contributed by atoms with van der Waals surface area (Å²) < 4.78 is 7.59. The topological polar surface area (TPSA) is 55.6 Å². The first-order valence-corrected chi connectivity index (χ1v) is 9.95. The fourth-order valence-electron chi connectivity index (χ4n) is 3.24. The maximum absolute atomic E-state index is 12.5. The predicted molar refractivity (Wildman–Crippen MR) is 116 cm³/mol. The Kier molecular flexibility index (Phi) is 4.96. The van der Waals surface area contributed by atoms with Gasteiger partial charge in [0, 0.05) is 29.2 Å². The van der Waals surface area contributed by atoms with Gasteiger partial charge >= 0.3 is 0 Å². The van der Waals surface area contributed by atoms with Gasteiger partial charge in [-0.3, -0.25) is 4.79 Å². The number of benzene rings is 2. The molecular formula is C22H21N3O2S. The van der Waals surface area contributed by atoms with E-state index in [1.54, 1.807) is 0 Å². The van der Waals surface area contributed by atoms with E-state index in [0.717, 1.165) is 33.6 Å². The van der Waals surface area contributed by atoms with Crippen molar-refractivity contribution in [3.8, 4) is 5.75 Å². The molecule has 0 spiro atoms. The van der Waals surface area contributed by atoms with Gasteiger partial charge in [0.05, 0.1) is 17.2 Å². The van der Waals surface area contributed by atoms with E-state index in [9.17, 15) is 4.79 Å². The fourth-order valence-corrected chi connectivity index (χ4v) is 4.07. The fraction of sp³-hybridized carbons (Fsp3) is 0.182. The van der Waals surface area contributed by atoms with E-state index in [1.165, 1.54) is 11.8 Å². The molecule has 0 bridgehead atoms. The van der Waals surface area contributed by atoms with Gasteiger partial charge in [-0.2, -0.15) is 0 Å². The molecule has 1 amide bonds. The summed E-state index contributed by atoms with van der Waals surface area (Å²) in [6.07, 6.45) is 1.96. The Hall–Kier alpha value is -2.99. The number of nitrogens with one attached hydrogen (secondary N) is 1. The van der Waals surface area contributed by atoms with Crippen molar-refractivity contribution < 1.29 is 9.53 Å². The van der Waals surface area contributed by atoms with Gasteiger partial charge in [-0.1, -0.05) is 18.2 Å². The second-order valence-corrected chi connectivity index (χ2v) is 7.51. The molecule has 1 fully saturated rings. The van der Waals surface area contributed by atoms with Crippen molar-refractivity contribution in [1.82, 2.24) is 9.88 Å². The van der Waals surface area contributed by atoms with Gasteiger partial charge < -0.3 is 14.6 Å². The average molecular weight is 391 g/mol. The molecule has 142 valence electrons. The Bertz CT molecular complexity index is 1110. The van der Waals surface area contributed by atoms with E-state index < -0.39 is 0 Å². The van der Waals surface area contributed by atoms with Crippen LogP contribution >= 0.6 is 11.8 Å². The third-order valence-corrected chi connectivity index (χ3v) is 5.66. The highest BCUT2D eigenvalue weighted by atomic mass is 32.2. The third kappa shape index (κ3) is 3.43. The second kappa shape index (κ2) is 7.56. The number of ether oxygens (including phenoxy) is 1. The molecule has 0 unspecified atom stereocenters. The van der Waals surface area contributed by atoms with E-state index >= 15 is 0 Å². The van der Waals surface area contributed by atoms with Gasteiger partial charge in [0.2, 0.25) is 0 Å². The maximum atomic E-state index is 12.5. The second-order valence-electron chi connectivity index (χ2n) is 6.48. The smallest absolute Gasteiger partial charge is 0.264 e. The molecule has 1 saturated heterocycles. The average Bonchev–Trinajstić information content (AvgIpc) is 3.16. The highest BCUT2D eigenvalue weighted by Gasteiger charge is 2.25. The molecule has 28 heavy (non-hydrogen) atoms. The quantitative estimate of drug-likeness (QED) is 0.652. The first kappa shape index (κ1) is 18.4. The molecule has 1 aliphatic rings. The van der Waals surface area contributed by atoms with Crippen LogP contribution in [0.5, 0.6) is 5.75 Å². The minimum absolute atomic E-state index is 0.123. The van der Waals surface area contributed by atoms with Gasteiger partial charge in [-0.15, -0.1) is 0 Å². The molecule has 3 aromatic rings. The predicted octanol–water partition coefficient (Wildman–Crippen LogP) is 4.78. The highest BCUT2D eigenvalue weighted by molar-refractivity contribution is 8.18. The number of carbonyl (C=O) groups excluding carboxylic acids is 1. The normalized spacial score (nSPS) is 16.9. The van der Waals surface area contributed by atoms with Gasteiger partial charge in [0.15, 0.2) is 5.17 Å². The number of aliphatic imine (C=N–C) groups is 1. The number of hydrogen-bond acceptors (Lipinski definition) is 4. The van der Waals surface area contributed by atoms with Crippen LogP contribution in [-0.2, 0) is 11.8 Å². The third-order valence-electron chi connectivity index (χ3n) is 4.75. The Morgan fingerprint density at radius 1 is 1.18 bits per heavy atom. The van der Waals surface area contributed by atoms with Gasteiger partial charge in [-0.05, 0) is 62.0 Å². The molecule has 6 heteroatoms. The molecule has 2 aromatic carbocycles. The van der Waals surface area contributed by atoms with Crippen LogP contribution in [-0.4, -0.2) is 22.2 Å². The first-order valence-electron chi connectivity index (χ1n) is 9.13. The van der Waals surface area contributed by atoms with Crippen molar-refractivity contribution in [1.29, 1.82) is 0 Å². The minimum Gasteiger partial charge on any atom is -0.494 e. The van der Waals surface area contributed by atoms with Gasteiger partial charge in [0.25, 0.3) is 5.91 Å². The first-order chi connectivity index (χ1) is 13.6. The van der Waals surface area contributed by atoms with Crippen molar-refractivity contribution in [2.75, 3.05) is 6.61 Å². The lowest BCUT2D eigenvalue weighted by Gasteiger charge is -2.02.